The highest BCUT2D eigenvalue weighted by Gasteiger charge is 2.21. The molecule has 0 bridgehead atoms. The topological polar surface area (TPSA) is 64.6 Å². The zero-order chi connectivity index (χ0) is 15.5. The van der Waals surface area contributed by atoms with Crippen LogP contribution in [0.25, 0.3) is 6.08 Å². The Morgan fingerprint density at radius 2 is 1.86 bits per heavy atom. The van der Waals surface area contributed by atoms with Gasteiger partial charge in [-0.2, -0.15) is 0 Å². The molecule has 0 fully saturated rings. The van der Waals surface area contributed by atoms with Crippen LogP contribution >= 0.6 is 0 Å². The van der Waals surface area contributed by atoms with Crippen LogP contribution in [0.1, 0.15) is 12.5 Å². The van der Waals surface area contributed by atoms with Gasteiger partial charge in [0.05, 0.1) is 5.69 Å². The highest BCUT2D eigenvalue weighted by Crippen LogP contribution is 2.30. The van der Waals surface area contributed by atoms with E-state index in [9.17, 15) is 9.59 Å². The first kappa shape index (κ1) is 13.9. The summed E-state index contributed by atoms with van der Waals surface area (Å²) in [6, 6.07) is 14.0. The van der Waals surface area contributed by atoms with Gasteiger partial charge in [-0.3, -0.25) is 9.59 Å². The second kappa shape index (κ2) is 5.73. The summed E-state index contributed by atoms with van der Waals surface area (Å²) in [5, 5.41) is 2.77. The van der Waals surface area contributed by atoms with Gasteiger partial charge in [-0.25, -0.2) is 0 Å². The van der Waals surface area contributed by atoms with Crippen LogP contribution in [0, 0.1) is 0 Å². The Hall–Kier alpha value is -3.08. The summed E-state index contributed by atoms with van der Waals surface area (Å²) in [6.07, 6.45) is 1.63. The molecule has 1 N–H and O–H groups in total. The zero-order valence-corrected chi connectivity index (χ0v) is 11.8. The third-order valence-corrected chi connectivity index (χ3v) is 3.02. The minimum Gasteiger partial charge on any atom is -0.449 e. The number of carbonyl (C=O) groups excluding carboxylic acids is 2. The molecule has 1 amide bonds. The van der Waals surface area contributed by atoms with Crippen molar-refractivity contribution < 1.29 is 19.1 Å². The molecule has 0 aromatic heterocycles. The lowest BCUT2D eigenvalue weighted by Crippen LogP contribution is -2.23. The van der Waals surface area contributed by atoms with Gasteiger partial charge in [0.25, 0.3) is 5.91 Å². The molecule has 5 heteroatoms. The summed E-state index contributed by atoms with van der Waals surface area (Å²) in [5.74, 6) is 0.582. The van der Waals surface area contributed by atoms with E-state index in [1.165, 1.54) is 6.92 Å². The number of amides is 1. The molecule has 0 saturated carbocycles. The number of ether oxygens (including phenoxy) is 2. The first-order chi connectivity index (χ1) is 10.6. The molecule has 1 heterocycles. The Bertz CT molecular complexity index is 762. The van der Waals surface area contributed by atoms with Crippen molar-refractivity contribution in [1.29, 1.82) is 0 Å². The fraction of sp³-hybridized carbons (Fsp3) is 0.0588. The van der Waals surface area contributed by atoms with E-state index < -0.39 is 0 Å². The molecule has 22 heavy (non-hydrogen) atoms. The SMILES string of the molecule is CC(=O)Oc1ccc(/C=C2\Oc3ccccc3NC2=O)cc1. The maximum Gasteiger partial charge on any atom is 0.308 e. The minimum atomic E-state index is -0.377. The Balaban J connectivity index is 1.83. The maximum atomic E-state index is 12.0. The maximum absolute atomic E-state index is 12.0. The molecule has 1 aliphatic rings. The monoisotopic (exact) mass is 295 g/mol. The number of para-hydroxylation sites is 2. The van der Waals surface area contributed by atoms with E-state index in [-0.39, 0.29) is 17.6 Å². The Morgan fingerprint density at radius 1 is 1.14 bits per heavy atom. The van der Waals surface area contributed by atoms with E-state index in [1.54, 1.807) is 42.5 Å². The molecule has 0 aliphatic carbocycles. The summed E-state index contributed by atoms with van der Waals surface area (Å²) in [7, 11) is 0. The molecule has 2 aromatic rings. The van der Waals surface area contributed by atoms with Gasteiger partial charge in [0.15, 0.2) is 11.5 Å². The van der Waals surface area contributed by atoms with Gasteiger partial charge in [0.1, 0.15) is 5.75 Å². The molecule has 0 atom stereocenters. The molecule has 2 aromatic carbocycles. The summed E-state index contributed by atoms with van der Waals surface area (Å²) < 4.78 is 10.6. The molecule has 0 radical (unpaired) electrons. The predicted octanol–water partition coefficient (Wildman–Crippen LogP) is 2.98. The molecule has 3 rings (SSSR count). The fourth-order valence-corrected chi connectivity index (χ4v) is 2.05. The number of hydrogen-bond donors (Lipinski definition) is 1. The van der Waals surface area contributed by atoms with Gasteiger partial charge in [-0.05, 0) is 35.9 Å². The first-order valence-electron chi connectivity index (χ1n) is 6.70. The summed E-state index contributed by atoms with van der Waals surface area (Å²) in [4.78, 5) is 22.9. The van der Waals surface area contributed by atoms with Crippen LogP contribution in [0.15, 0.2) is 54.3 Å². The van der Waals surface area contributed by atoms with Crippen molar-refractivity contribution in [3.63, 3.8) is 0 Å². The fourth-order valence-electron chi connectivity index (χ4n) is 2.05. The molecule has 0 spiro atoms. The normalized spacial score (nSPS) is 14.8. The largest absolute Gasteiger partial charge is 0.449 e. The second-order valence-electron chi connectivity index (χ2n) is 4.72. The number of fused-ring (bicyclic) bond motifs is 1. The smallest absolute Gasteiger partial charge is 0.308 e. The van der Waals surface area contributed by atoms with E-state index in [0.717, 1.165) is 5.56 Å². The third-order valence-electron chi connectivity index (χ3n) is 3.02. The van der Waals surface area contributed by atoms with Crippen molar-refractivity contribution in [1.82, 2.24) is 0 Å². The van der Waals surface area contributed by atoms with E-state index >= 15 is 0 Å². The molecule has 0 saturated heterocycles. The molecular weight excluding hydrogens is 282 g/mol. The second-order valence-corrected chi connectivity index (χ2v) is 4.72. The minimum absolute atomic E-state index is 0.207. The number of esters is 1. The van der Waals surface area contributed by atoms with Gasteiger partial charge >= 0.3 is 5.97 Å². The van der Waals surface area contributed by atoms with E-state index in [0.29, 0.717) is 17.2 Å². The van der Waals surface area contributed by atoms with Gasteiger partial charge in [-0.15, -0.1) is 0 Å². The molecular formula is C17H13NO4. The van der Waals surface area contributed by atoms with Crippen LogP contribution in [-0.2, 0) is 9.59 Å². The molecule has 0 unspecified atom stereocenters. The van der Waals surface area contributed by atoms with Crippen molar-refractivity contribution in [2.75, 3.05) is 5.32 Å². The average Bonchev–Trinajstić information content (AvgIpc) is 2.49. The van der Waals surface area contributed by atoms with Crippen LogP contribution in [-0.4, -0.2) is 11.9 Å². The van der Waals surface area contributed by atoms with Crippen LogP contribution in [0.5, 0.6) is 11.5 Å². The highest BCUT2D eigenvalue weighted by molar-refractivity contribution is 6.08. The number of anilines is 1. The predicted molar refractivity (Wildman–Crippen MR) is 81.4 cm³/mol. The van der Waals surface area contributed by atoms with Gasteiger partial charge in [-0.1, -0.05) is 24.3 Å². The third kappa shape index (κ3) is 2.98. The number of hydrogen-bond acceptors (Lipinski definition) is 4. The van der Waals surface area contributed by atoms with Crippen molar-refractivity contribution >= 4 is 23.6 Å². The lowest BCUT2D eigenvalue weighted by molar-refractivity contribution is -0.131. The number of benzene rings is 2. The molecule has 110 valence electrons. The number of nitrogens with one attached hydrogen (secondary N) is 1. The molecule has 1 aliphatic heterocycles. The van der Waals surface area contributed by atoms with Gasteiger partial charge < -0.3 is 14.8 Å². The Kier molecular flexibility index (Phi) is 3.62. The molecule has 5 nitrogen and oxygen atoms in total. The van der Waals surface area contributed by atoms with Crippen molar-refractivity contribution in [2.24, 2.45) is 0 Å². The zero-order valence-electron chi connectivity index (χ0n) is 11.8. The summed E-state index contributed by atoms with van der Waals surface area (Å²) in [5.41, 5.74) is 1.41. The highest BCUT2D eigenvalue weighted by atomic mass is 16.5. The van der Waals surface area contributed by atoms with Crippen molar-refractivity contribution in [2.45, 2.75) is 6.92 Å². The van der Waals surface area contributed by atoms with Crippen LogP contribution < -0.4 is 14.8 Å². The van der Waals surface area contributed by atoms with E-state index in [4.69, 9.17) is 9.47 Å². The number of carbonyl (C=O) groups is 2. The Morgan fingerprint density at radius 3 is 2.59 bits per heavy atom. The standard InChI is InChI=1S/C17H13NO4/c1-11(19)21-13-8-6-12(7-9-13)10-16-17(20)18-14-4-2-3-5-15(14)22-16/h2-10H,1H3,(H,18,20)/b16-10-. The first-order valence-corrected chi connectivity index (χ1v) is 6.70. The lowest BCUT2D eigenvalue weighted by atomic mass is 10.1. The quantitative estimate of drug-likeness (QED) is 0.525. The van der Waals surface area contributed by atoms with Crippen LogP contribution in [0.2, 0.25) is 0 Å². The van der Waals surface area contributed by atoms with Crippen LogP contribution in [0.4, 0.5) is 5.69 Å². The van der Waals surface area contributed by atoms with E-state index in [1.807, 2.05) is 12.1 Å². The Labute approximate surface area is 127 Å². The number of rotatable bonds is 2. The average molecular weight is 295 g/mol. The lowest BCUT2D eigenvalue weighted by Gasteiger charge is -2.19. The summed E-state index contributed by atoms with van der Waals surface area (Å²) >= 11 is 0. The van der Waals surface area contributed by atoms with Crippen molar-refractivity contribution in [3.05, 3.63) is 59.9 Å². The van der Waals surface area contributed by atoms with E-state index in [2.05, 4.69) is 5.32 Å². The van der Waals surface area contributed by atoms with Gasteiger partial charge in [0.2, 0.25) is 0 Å². The summed E-state index contributed by atoms with van der Waals surface area (Å²) in [6.45, 7) is 1.34. The van der Waals surface area contributed by atoms with Crippen molar-refractivity contribution in [3.8, 4) is 11.5 Å². The van der Waals surface area contributed by atoms with Gasteiger partial charge in [0, 0.05) is 6.92 Å². The van der Waals surface area contributed by atoms with Crippen LogP contribution in [0.3, 0.4) is 0 Å².